The fourth-order valence-corrected chi connectivity index (χ4v) is 9.05. The molecule has 5 aromatic rings. The van der Waals surface area contributed by atoms with Gasteiger partial charge >= 0.3 is 12.1 Å². The Morgan fingerprint density at radius 2 is 1.44 bits per heavy atom. The Morgan fingerprint density at radius 1 is 0.787 bits per heavy atom. The molecule has 3 heterocycles. The van der Waals surface area contributed by atoms with Crippen molar-refractivity contribution in [3.05, 3.63) is 161 Å². The molecule has 3 N–H and O–H groups in total. The van der Waals surface area contributed by atoms with Crippen molar-refractivity contribution in [1.82, 2.24) is 4.90 Å². The molecule has 6 unspecified atom stereocenters. The molecule has 5 aromatic carbocycles. The van der Waals surface area contributed by atoms with Crippen LogP contribution in [0.2, 0.25) is 0 Å². The van der Waals surface area contributed by atoms with E-state index in [4.69, 9.17) is 29.4 Å². The minimum atomic E-state index is -2.10. The average molecular weight is 822 g/mol. The number of nitrogens with two attached hydrogens (primary N) is 1. The molecule has 0 radical (unpaired) electrons. The molecular formula is C48H43N3O10. The van der Waals surface area contributed by atoms with Crippen molar-refractivity contribution in [3.8, 4) is 23.3 Å². The highest BCUT2D eigenvalue weighted by atomic mass is 16.6. The van der Waals surface area contributed by atoms with Crippen LogP contribution in [0, 0.1) is 17.8 Å². The second-order valence-electron chi connectivity index (χ2n) is 14.7. The third-order valence-electron chi connectivity index (χ3n) is 11.5. The van der Waals surface area contributed by atoms with Crippen LogP contribution in [0.4, 0.5) is 10.5 Å². The highest BCUT2D eigenvalue weighted by molar-refractivity contribution is 6.23. The summed E-state index contributed by atoms with van der Waals surface area (Å²) < 4.78 is 28.6. The quantitative estimate of drug-likeness (QED) is 0.0996. The summed E-state index contributed by atoms with van der Waals surface area (Å²) in [7, 11) is 3.02. The first-order valence-corrected chi connectivity index (χ1v) is 19.7. The number of aliphatic hydroxyl groups is 1. The minimum absolute atomic E-state index is 0.0507. The van der Waals surface area contributed by atoms with E-state index in [1.54, 1.807) is 73.8 Å². The number of imide groups is 1. The topological polar surface area (TPSA) is 167 Å². The Balaban J connectivity index is 1.44. The zero-order chi connectivity index (χ0) is 42.7. The van der Waals surface area contributed by atoms with Gasteiger partial charge in [0.2, 0.25) is 11.8 Å². The molecule has 0 bridgehead atoms. The van der Waals surface area contributed by atoms with Gasteiger partial charge in [0.25, 0.3) is 0 Å². The number of benzene rings is 5. The number of nitrogens with zero attached hydrogens (tertiary/aromatic N) is 2. The molecule has 0 aliphatic carbocycles. The van der Waals surface area contributed by atoms with Gasteiger partial charge < -0.3 is 34.5 Å². The molecule has 6 atom stereocenters. The number of cyclic esters (lactones) is 1. The number of hydrogen-bond acceptors (Lipinski definition) is 11. The van der Waals surface area contributed by atoms with Gasteiger partial charge in [0.05, 0.1) is 44.0 Å². The fourth-order valence-electron chi connectivity index (χ4n) is 9.05. The maximum atomic E-state index is 16.0. The van der Waals surface area contributed by atoms with Gasteiger partial charge in [-0.05, 0) is 65.2 Å². The number of primary amides is 1. The van der Waals surface area contributed by atoms with E-state index in [2.05, 4.69) is 11.8 Å². The third kappa shape index (κ3) is 7.14. The molecule has 0 saturated carbocycles. The summed E-state index contributed by atoms with van der Waals surface area (Å²) in [5.41, 5.74) is 7.61. The lowest BCUT2D eigenvalue weighted by Crippen LogP contribution is -2.55. The van der Waals surface area contributed by atoms with Crippen LogP contribution in [-0.2, 0) is 34.0 Å². The van der Waals surface area contributed by atoms with Crippen molar-refractivity contribution in [1.29, 1.82) is 0 Å². The van der Waals surface area contributed by atoms with Gasteiger partial charge in [0, 0.05) is 23.8 Å². The number of carbonyl (C=O) groups is 4. The summed E-state index contributed by atoms with van der Waals surface area (Å²) in [6, 6.07) is 34.1. The summed E-state index contributed by atoms with van der Waals surface area (Å²) in [4.78, 5) is 62.3. The van der Waals surface area contributed by atoms with Crippen LogP contribution in [0.15, 0.2) is 127 Å². The van der Waals surface area contributed by atoms with Crippen LogP contribution in [-0.4, -0.2) is 80.6 Å². The number of esters is 1. The number of anilines is 1. The zero-order valence-corrected chi connectivity index (χ0v) is 33.4. The van der Waals surface area contributed by atoms with E-state index in [1.165, 1.54) is 7.11 Å². The first-order chi connectivity index (χ1) is 29.7. The van der Waals surface area contributed by atoms with Crippen LogP contribution in [0.5, 0.6) is 11.5 Å². The zero-order valence-electron chi connectivity index (χ0n) is 33.4. The van der Waals surface area contributed by atoms with Crippen LogP contribution < -0.4 is 20.1 Å². The Labute approximate surface area is 352 Å². The van der Waals surface area contributed by atoms with Gasteiger partial charge in [-0.15, -0.1) is 0 Å². The first kappa shape index (κ1) is 40.8. The minimum Gasteiger partial charge on any atom is -0.497 e. The van der Waals surface area contributed by atoms with Gasteiger partial charge in [-0.25, -0.2) is 9.69 Å². The highest BCUT2D eigenvalue weighted by Crippen LogP contribution is 2.66. The van der Waals surface area contributed by atoms with E-state index in [1.807, 2.05) is 65.6 Å². The van der Waals surface area contributed by atoms with E-state index < -0.39 is 59.4 Å². The number of fused-ring (bicyclic) bond motifs is 3. The van der Waals surface area contributed by atoms with Crippen molar-refractivity contribution >= 4 is 29.6 Å². The van der Waals surface area contributed by atoms with Crippen LogP contribution in [0.25, 0.3) is 0 Å². The SMILES string of the molecule is COCCOC(=O)N1C(=O)C2(c3cc(C#Cc4ccc(OC)cc4)ccc31)C(C(N)=O)C1C(=O)OC(c3ccccc3)C(c3ccccc3)N1C2c1ccccc1OCCO. The molecule has 3 aliphatic heterocycles. The molecule has 2 fully saturated rings. The van der Waals surface area contributed by atoms with Gasteiger partial charge in [0.1, 0.15) is 42.3 Å². The number of hydrogen-bond donors (Lipinski definition) is 2. The predicted molar refractivity (Wildman–Crippen MR) is 222 cm³/mol. The number of para-hydroxylation sites is 1. The molecule has 61 heavy (non-hydrogen) atoms. The first-order valence-electron chi connectivity index (χ1n) is 19.7. The van der Waals surface area contributed by atoms with Crippen LogP contribution >= 0.6 is 0 Å². The van der Waals surface area contributed by atoms with Crippen molar-refractivity contribution in [3.63, 3.8) is 0 Å². The number of ether oxygens (including phenoxy) is 5. The summed E-state index contributed by atoms with van der Waals surface area (Å²) in [5, 5.41) is 9.93. The Morgan fingerprint density at radius 3 is 2.11 bits per heavy atom. The number of rotatable bonds is 11. The van der Waals surface area contributed by atoms with Crippen molar-refractivity contribution < 1.29 is 48.0 Å². The molecular weight excluding hydrogens is 779 g/mol. The molecule has 310 valence electrons. The second-order valence-corrected chi connectivity index (χ2v) is 14.7. The van der Waals surface area contributed by atoms with Crippen LogP contribution in [0.1, 0.15) is 51.6 Å². The maximum Gasteiger partial charge on any atom is 0.421 e. The van der Waals surface area contributed by atoms with Gasteiger partial charge in [-0.2, -0.15) is 0 Å². The van der Waals surface area contributed by atoms with Crippen LogP contribution in [0.3, 0.4) is 0 Å². The normalized spacial score (nSPS) is 22.7. The lowest BCUT2D eigenvalue weighted by Gasteiger charge is -2.46. The summed E-state index contributed by atoms with van der Waals surface area (Å²) in [5.74, 6) is 3.04. The Bertz CT molecular complexity index is 2500. The molecule has 8 rings (SSSR count). The maximum absolute atomic E-state index is 16.0. The molecule has 13 heteroatoms. The van der Waals surface area contributed by atoms with Crippen molar-refractivity contribution in [2.24, 2.45) is 11.7 Å². The smallest absolute Gasteiger partial charge is 0.421 e. The number of amides is 3. The molecule has 3 amide bonds. The van der Waals surface area contributed by atoms with Crippen molar-refractivity contribution in [2.45, 2.75) is 29.6 Å². The molecule has 0 aromatic heterocycles. The van der Waals surface area contributed by atoms with E-state index >= 15 is 4.79 Å². The van der Waals surface area contributed by atoms with Gasteiger partial charge in [-0.3, -0.25) is 19.3 Å². The second kappa shape index (κ2) is 17.3. The molecule has 2 saturated heterocycles. The van der Waals surface area contributed by atoms with E-state index in [-0.39, 0.29) is 43.4 Å². The summed E-state index contributed by atoms with van der Waals surface area (Å²) >= 11 is 0. The van der Waals surface area contributed by atoms with Gasteiger partial charge in [-0.1, -0.05) is 90.7 Å². The number of morpholine rings is 1. The number of carbonyl (C=O) groups excluding carboxylic acids is 4. The Hall–Kier alpha value is -6.98. The van der Waals surface area contributed by atoms with Crippen molar-refractivity contribution in [2.75, 3.05) is 45.5 Å². The summed E-state index contributed by atoms with van der Waals surface area (Å²) in [6.45, 7) is -0.559. The monoisotopic (exact) mass is 821 g/mol. The standard InChI is InChI=1S/C48H43N3O10/c1-57-27-28-60-47(56)50-37-24-21-31(18-17-30-19-22-34(58-2)23-20-30)29-36(37)48(46(50)55)39(44(49)53)41-45(54)61-42(33-13-7-4-8-14-33)40(32-11-5-3-6-12-32)51(41)43(48)35-15-9-10-16-38(35)59-26-25-52/h3-16,19-24,29,39-43,52H,25-28H2,1-2H3,(H2,49,53). The number of aliphatic hydroxyl groups excluding tert-OH is 1. The molecule has 1 spiro atoms. The highest BCUT2D eigenvalue weighted by Gasteiger charge is 2.75. The molecule has 3 aliphatic rings. The van der Waals surface area contributed by atoms with Gasteiger partial charge in [0.15, 0.2) is 0 Å². The lowest BCUT2D eigenvalue weighted by molar-refractivity contribution is -0.178. The van der Waals surface area contributed by atoms with E-state index in [0.29, 0.717) is 33.6 Å². The molecule has 13 nitrogen and oxygen atoms in total. The lowest BCUT2D eigenvalue weighted by atomic mass is 9.65. The third-order valence-corrected chi connectivity index (χ3v) is 11.5. The van der Waals surface area contributed by atoms with E-state index in [9.17, 15) is 19.5 Å². The Kier molecular flexibility index (Phi) is 11.6. The van der Waals surface area contributed by atoms with E-state index in [0.717, 1.165) is 4.90 Å². The summed E-state index contributed by atoms with van der Waals surface area (Å²) in [6.07, 6.45) is -1.95. The number of methoxy groups -OCH3 is 2. The largest absolute Gasteiger partial charge is 0.497 e. The average Bonchev–Trinajstić information content (AvgIpc) is 3.74. The predicted octanol–water partition coefficient (Wildman–Crippen LogP) is 5.40. The fraction of sp³-hybridized carbons (Fsp3) is 0.250.